The van der Waals surface area contributed by atoms with Crippen LogP contribution in [0.5, 0.6) is 0 Å². The first kappa shape index (κ1) is 13.9. The predicted molar refractivity (Wildman–Crippen MR) is 71.4 cm³/mol. The van der Waals surface area contributed by atoms with Gasteiger partial charge < -0.3 is 10.4 Å². The smallest absolute Gasteiger partial charge is 0.356 e. The van der Waals surface area contributed by atoms with Crippen LogP contribution < -0.4 is 5.32 Å². The van der Waals surface area contributed by atoms with Gasteiger partial charge in [0.1, 0.15) is 11.6 Å². The molecule has 0 bridgehead atoms. The molecule has 8 heteroatoms. The quantitative estimate of drug-likeness (QED) is 0.768. The number of hydrogen-bond donors (Lipinski definition) is 3. The average Bonchev–Trinajstić information content (AvgIpc) is 2.85. The lowest BCUT2D eigenvalue weighted by atomic mass is 9.96. The molecule has 20 heavy (non-hydrogen) atoms. The van der Waals surface area contributed by atoms with Crippen LogP contribution in [0.4, 0.5) is 5.82 Å². The van der Waals surface area contributed by atoms with Gasteiger partial charge in [0.25, 0.3) is 0 Å². The van der Waals surface area contributed by atoms with Crippen LogP contribution in [0.1, 0.15) is 42.9 Å². The summed E-state index contributed by atoms with van der Waals surface area (Å²) in [6.07, 6.45) is 2.57. The van der Waals surface area contributed by atoms with Crippen LogP contribution >= 0.6 is 0 Å². The Balaban J connectivity index is 1.98. The minimum atomic E-state index is -1.10. The number of aromatic carboxylic acids is 1. The van der Waals surface area contributed by atoms with Gasteiger partial charge in [-0.3, -0.25) is 5.10 Å². The normalized spacial score (nSPS) is 11.3. The van der Waals surface area contributed by atoms with E-state index in [-0.39, 0.29) is 11.1 Å². The second-order valence-corrected chi connectivity index (χ2v) is 5.30. The molecule has 0 fully saturated rings. The van der Waals surface area contributed by atoms with E-state index in [9.17, 15) is 4.79 Å². The maximum atomic E-state index is 10.6. The summed E-state index contributed by atoms with van der Waals surface area (Å²) in [5.74, 6) is 0.790. The molecule has 0 aromatic carbocycles. The summed E-state index contributed by atoms with van der Waals surface area (Å²) in [6, 6.07) is 0. The Morgan fingerprint density at radius 3 is 2.60 bits per heavy atom. The van der Waals surface area contributed by atoms with Crippen LogP contribution in [0.25, 0.3) is 0 Å². The third kappa shape index (κ3) is 3.28. The van der Waals surface area contributed by atoms with Crippen molar-refractivity contribution in [3.05, 3.63) is 29.7 Å². The third-order valence-corrected chi connectivity index (χ3v) is 2.51. The first-order chi connectivity index (χ1) is 9.36. The van der Waals surface area contributed by atoms with E-state index in [1.165, 1.54) is 12.4 Å². The highest BCUT2D eigenvalue weighted by Gasteiger charge is 2.19. The number of anilines is 1. The Kier molecular flexibility index (Phi) is 3.64. The van der Waals surface area contributed by atoms with E-state index in [4.69, 9.17) is 5.11 Å². The molecule has 0 saturated heterocycles. The van der Waals surface area contributed by atoms with E-state index in [2.05, 4.69) is 30.5 Å². The molecule has 0 atom stereocenters. The molecule has 0 unspecified atom stereocenters. The summed E-state index contributed by atoms with van der Waals surface area (Å²) >= 11 is 0. The van der Waals surface area contributed by atoms with E-state index in [1.807, 2.05) is 20.8 Å². The molecule has 3 N–H and O–H groups in total. The Labute approximate surface area is 115 Å². The number of carboxylic acids is 1. The van der Waals surface area contributed by atoms with Crippen molar-refractivity contribution in [3.63, 3.8) is 0 Å². The van der Waals surface area contributed by atoms with Gasteiger partial charge in [-0.15, -0.1) is 0 Å². The minimum Gasteiger partial charge on any atom is -0.476 e. The highest BCUT2D eigenvalue weighted by molar-refractivity contribution is 5.84. The zero-order valence-electron chi connectivity index (χ0n) is 11.5. The number of carbonyl (C=O) groups is 1. The molecular formula is C12H16N6O2. The van der Waals surface area contributed by atoms with Gasteiger partial charge in [0.05, 0.1) is 18.9 Å². The molecule has 0 radical (unpaired) electrons. The number of H-pyrrole nitrogens is 1. The zero-order chi connectivity index (χ0) is 14.8. The lowest BCUT2D eigenvalue weighted by Crippen LogP contribution is -2.13. The first-order valence-electron chi connectivity index (χ1n) is 6.07. The van der Waals surface area contributed by atoms with Crippen molar-refractivity contribution in [3.8, 4) is 0 Å². The standard InChI is InChI=1S/C12H16N6O2/c1-12(2,3)11-16-9(17-18-11)6-15-8-5-13-7(4-14-8)10(19)20/h4-5H,6H2,1-3H3,(H,14,15)(H,19,20)(H,16,17,18). The monoisotopic (exact) mass is 276 g/mol. The van der Waals surface area contributed by atoms with Gasteiger partial charge in [-0.1, -0.05) is 20.8 Å². The Bertz CT molecular complexity index is 599. The fraction of sp³-hybridized carbons (Fsp3) is 0.417. The van der Waals surface area contributed by atoms with Crippen LogP contribution in [0.3, 0.4) is 0 Å². The van der Waals surface area contributed by atoms with Crippen LogP contribution in [0, 0.1) is 0 Å². The number of nitrogens with zero attached hydrogens (tertiary/aromatic N) is 4. The highest BCUT2D eigenvalue weighted by atomic mass is 16.4. The van der Waals surface area contributed by atoms with E-state index < -0.39 is 5.97 Å². The van der Waals surface area contributed by atoms with Gasteiger partial charge in [-0.05, 0) is 0 Å². The van der Waals surface area contributed by atoms with Crippen molar-refractivity contribution in [1.82, 2.24) is 25.1 Å². The maximum Gasteiger partial charge on any atom is 0.356 e. The van der Waals surface area contributed by atoms with Crippen molar-refractivity contribution < 1.29 is 9.90 Å². The maximum absolute atomic E-state index is 10.6. The Hall–Kier alpha value is -2.51. The summed E-state index contributed by atoms with van der Waals surface area (Å²) in [5, 5.41) is 18.7. The molecule has 2 rings (SSSR count). The summed E-state index contributed by atoms with van der Waals surface area (Å²) in [4.78, 5) is 22.7. The van der Waals surface area contributed by atoms with Gasteiger partial charge >= 0.3 is 5.97 Å². The average molecular weight is 276 g/mol. The van der Waals surface area contributed by atoms with Gasteiger partial charge in [-0.2, -0.15) is 5.10 Å². The molecule has 8 nitrogen and oxygen atoms in total. The summed E-state index contributed by atoms with van der Waals surface area (Å²) < 4.78 is 0. The number of aromatic amines is 1. The molecule has 106 valence electrons. The van der Waals surface area contributed by atoms with E-state index in [1.54, 1.807) is 0 Å². The zero-order valence-corrected chi connectivity index (χ0v) is 11.5. The van der Waals surface area contributed by atoms with E-state index >= 15 is 0 Å². The molecule has 0 saturated carbocycles. The molecule has 0 spiro atoms. The molecule has 0 aliphatic heterocycles. The van der Waals surface area contributed by atoms with Crippen molar-refractivity contribution in [2.75, 3.05) is 5.32 Å². The fourth-order valence-corrected chi connectivity index (χ4v) is 1.41. The van der Waals surface area contributed by atoms with Gasteiger partial charge in [0.15, 0.2) is 11.5 Å². The number of rotatable bonds is 4. The van der Waals surface area contributed by atoms with Crippen LogP contribution in [0.15, 0.2) is 12.4 Å². The van der Waals surface area contributed by atoms with Crippen molar-refractivity contribution in [2.24, 2.45) is 0 Å². The van der Waals surface area contributed by atoms with Gasteiger partial charge in [0.2, 0.25) is 0 Å². The second kappa shape index (κ2) is 5.24. The van der Waals surface area contributed by atoms with Gasteiger partial charge in [-0.25, -0.2) is 19.7 Å². The second-order valence-electron chi connectivity index (χ2n) is 5.30. The molecular weight excluding hydrogens is 260 g/mol. The van der Waals surface area contributed by atoms with Crippen molar-refractivity contribution in [2.45, 2.75) is 32.7 Å². The third-order valence-electron chi connectivity index (χ3n) is 2.51. The molecule has 0 aliphatic carbocycles. The number of carboxylic acid groups (broad SMARTS) is 1. The number of hydrogen-bond acceptors (Lipinski definition) is 6. The molecule has 2 aromatic heterocycles. The summed E-state index contributed by atoms with van der Waals surface area (Å²) in [6.45, 7) is 6.50. The molecule has 2 heterocycles. The first-order valence-corrected chi connectivity index (χ1v) is 6.07. The predicted octanol–water partition coefficient (Wildman–Crippen LogP) is 1.20. The Morgan fingerprint density at radius 1 is 1.35 bits per heavy atom. The molecule has 2 aromatic rings. The van der Waals surface area contributed by atoms with Crippen LogP contribution in [0.2, 0.25) is 0 Å². The summed E-state index contributed by atoms with van der Waals surface area (Å²) in [7, 11) is 0. The van der Waals surface area contributed by atoms with Crippen LogP contribution in [-0.4, -0.2) is 36.2 Å². The number of nitrogens with one attached hydrogen (secondary N) is 2. The largest absolute Gasteiger partial charge is 0.476 e. The van der Waals surface area contributed by atoms with Gasteiger partial charge in [0, 0.05) is 5.41 Å². The highest BCUT2D eigenvalue weighted by Crippen LogP contribution is 2.17. The molecule has 0 aliphatic rings. The van der Waals surface area contributed by atoms with E-state index in [0.29, 0.717) is 18.2 Å². The lowest BCUT2D eigenvalue weighted by molar-refractivity contribution is 0.0690. The van der Waals surface area contributed by atoms with Crippen molar-refractivity contribution >= 4 is 11.8 Å². The molecule has 0 amide bonds. The lowest BCUT2D eigenvalue weighted by Gasteiger charge is -2.11. The SMILES string of the molecule is CC(C)(C)c1n[nH]c(CNc2cnc(C(=O)O)cn2)n1. The van der Waals surface area contributed by atoms with Crippen molar-refractivity contribution in [1.29, 1.82) is 0 Å². The number of aromatic nitrogens is 5. The van der Waals surface area contributed by atoms with E-state index in [0.717, 1.165) is 5.82 Å². The summed E-state index contributed by atoms with van der Waals surface area (Å²) in [5.41, 5.74) is -0.206. The fourth-order valence-electron chi connectivity index (χ4n) is 1.41. The Morgan fingerprint density at radius 2 is 2.10 bits per heavy atom. The van der Waals surface area contributed by atoms with Crippen LogP contribution in [-0.2, 0) is 12.0 Å². The minimum absolute atomic E-state index is 0.0924. The topological polar surface area (TPSA) is 117 Å².